The first-order chi connectivity index (χ1) is 8.06. The highest BCUT2D eigenvalue weighted by Gasteiger charge is 2.11. The predicted molar refractivity (Wildman–Crippen MR) is 65.4 cm³/mol. The van der Waals surface area contributed by atoms with E-state index in [1.807, 2.05) is 13.0 Å². The highest BCUT2D eigenvalue weighted by Crippen LogP contribution is 2.20. The molecule has 2 aromatic rings. The van der Waals surface area contributed by atoms with Crippen molar-refractivity contribution in [1.29, 1.82) is 0 Å². The number of nitrogens with one attached hydrogen (secondary N) is 1. The van der Waals surface area contributed by atoms with Crippen LogP contribution >= 0.6 is 11.6 Å². The third kappa shape index (κ3) is 2.65. The van der Waals surface area contributed by atoms with Crippen LogP contribution in [0.3, 0.4) is 0 Å². The number of oxazole rings is 1. The molecule has 1 heterocycles. The van der Waals surface area contributed by atoms with E-state index in [1.165, 1.54) is 6.20 Å². The Hall–Kier alpha value is -1.81. The van der Waals surface area contributed by atoms with Gasteiger partial charge >= 0.3 is 0 Å². The minimum atomic E-state index is -0.342. The highest BCUT2D eigenvalue weighted by molar-refractivity contribution is 6.31. The molecule has 0 fully saturated rings. The van der Waals surface area contributed by atoms with Crippen LogP contribution in [0.5, 0.6) is 0 Å². The predicted octanol–water partition coefficient (Wildman–Crippen LogP) is 3.20. The Kier molecular flexibility index (Phi) is 3.15. The van der Waals surface area contributed by atoms with E-state index in [9.17, 15) is 4.79 Å². The lowest BCUT2D eigenvalue weighted by atomic mass is 10.2. The molecule has 1 amide bonds. The number of halogens is 1. The summed E-state index contributed by atoms with van der Waals surface area (Å²) in [6, 6.07) is 5.31. The number of anilines is 1. The largest absolute Gasteiger partial charge is 0.436 e. The number of aryl methyl sites for hydroxylation is 2. The minimum Gasteiger partial charge on any atom is -0.436 e. The summed E-state index contributed by atoms with van der Waals surface area (Å²) < 4.78 is 5.12. The standard InChI is InChI=1S/C12H11ClN2O2/c1-7-3-4-9(5-10(7)13)15-12(16)11-6-14-8(2)17-11/h3-6H,1-2H3,(H,15,16). The van der Waals surface area contributed by atoms with Crippen molar-refractivity contribution in [1.82, 2.24) is 4.98 Å². The van der Waals surface area contributed by atoms with E-state index in [4.69, 9.17) is 16.0 Å². The van der Waals surface area contributed by atoms with Gasteiger partial charge in [0.25, 0.3) is 5.91 Å². The van der Waals surface area contributed by atoms with Gasteiger partial charge < -0.3 is 9.73 Å². The van der Waals surface area contributed by atoms with Crippen molar-refractivity contribution >= 4 is 23.2 Å². The average Bonchev–Trinajstić information content (AvgIpc) is 2.70. The van der Waals surface area contributed by atoms with Gasteiger partial charge in [0, 0.05) is 17.6 Å². The van der Waals surface area contributed by atoms with Crippen molar-refractivity contribution in [2.24, 2.45) is 0 Å². The first-order valence-electron chi connectivity index (χ1n) is 5.06. The second kappa shape index (κ2) is 4.59. The average molecular weight is 251 g/mol. The molecule has 0 aliphatic heterocycles. The molecule has 0 saturated heterocycles. The van der Waals surface area contributed by atoms with Gasteiger partial charge in [-0.2, -0.15) is 0 Å². The summed E-state index contributed by atoms with van der Waals surface area (Å²) >= 11 is 5.96. The molecule has 0 saturated carbocycles. The van der Waals surface area contributed by atoms with E-state index in [0.29, 0.717) is 16.6 Å². The van der Waals surface area contributed by atoms with Crippen LogP contribution in [0.25, 0.3) is 0 Å². The van der Waals surface area contributed by atoms with Gasteiger partial charge in [0.2, 0.25) is 5.76 Å². The van der Waals surface area contributed by atoms with Crippen molar-refractivity contribution in [3.63, 3.8) is 0 Å². The van der Waals surface area contributed by atoms with Crippen molar-refractivity contribution in [2.75, 3.05) is 5.32 Å². The topological polar surface area (TPSA) is 55.1 Å². The number of carbonyl (C=O) groups is 1. The smallest absolute Gasteiger partial charge is 0.293 e. The number of aromatic nitrogens is 1. The summed E-state index contributed by atoms with van der Waals surface area (Å²) in [5.74, 6) is 0.293. The first-order valence-corrected chi connectivity index (χ1v) is 5.44. The molecule has 1 aromatic carbocycles. The van der Waals surface area contributed by atoms with Gasteiger partial charge in [-0.3, -0.25) is 4.79 Å². The van der Waals surface area contributed by atoms with E-state index in [2.05, 4.69) is 10.3 Å². The lowest BCUT2D eigenvalue weighted by Crippen LogP contribution is -2.10. The molecule has 5 heteroatoms. The van der Waals surface area contributed by atoms with Gasteiger partial charge in [-0.25, -0.2) is 4.98 Å². The van der Waals surface area contributed by atoms with Crippen molar-refractivity contribution in [3.05, 3.63) is 46.6 Å². The number of benzene rings is 1. The monoisotopic (exact) mass is 250 g/mol. The number of carbonyl (C=O) groups excluding carboxylic acids is 1. The SMILES string of the molecule is Cc1ncc(C(=O)Nc2ccc(C)c(Cl)c2)o1. The molecule has 0 atom stereocenters. The van der Waals surface area contributed by atoms with Gasteiger partial charge in [0.15, 0.2) is 5.89 Å². The number of hydrogen-bond donors (Lipinski definition) is 1. The van der Waals surface area contributed by atoms with Gasteiger partial charge in [-0.05, 0) is 24.6 Å². The molecule has 0 aliphatic carbocycles. The molecule has 4 nitrogen and oxygen atoms in total. The van der Waals surface area contributed by atoms with Crippen LogP contribution in [0.2, 0.25) is 5.02 Å². The molecule has 2 rings (SSSR count). The Morgan fingerprint density at radius 1 is 1.41 bits per heavy atom. The van der Waals surface area contributed by atoms with Crippen LogP contribution in [0, 0.1) is 13.8 Å². The molecule has 1 aromatic heterocycles. The van der Waals surface area contributed by atoms with Crippen LogP contribution in [-0.4, -0.2) is 10.9 Å². The Balaban J connectivity index is 2.15. The Labute approximate surface area is 104 Å². The van der Waals surface area contributed by atoms with Crippen molar-refractivity contribution in [2.45, 2.75) is 13.8 Å². The molecule has 0 spiro atoms. The van der Waals surface area contributed by atoms with Crippen LogP contribution in [0.15, 0.2) is 28.8 Å². The van der Waals surface area contributed by atoms with Crippen LogP contribution in [0.1, 0.15) is 22.0 Å². The van der Waals surface area contributed by atoms with Crippen molar-refractivity contribution in [3.8, 4) is 0 Å². The summed E-state index contributed by atoms with van der Waals surface area (Å²) in [7, 11) is 0. The van der Waals surface area contributed by atoms with Crippen LogP contribution in [0.4, 0.5) is 5.69 Å². The third-order valence-corrected chi connectivity index (χ3v) is 2.68. The molecule has 0 aliphatic rings. The van der Waals surface area contributed by atoms with Crippen molar-refractivity contribution < 1.29 is 9.21 Å². The highest BCUT2D eigenvalue weighted by atomic mass is 35.5. The summed E-state index contributed by atoms with van der Waals surface area (Å²) in [6.45, 7) is 3.58. The van der Waals surface area contributed by atoms with E-state index in [0.717, 1.165) is 5.56 Å². The summed E-state index contributed by atoms with van der Waals surface area (Å²) in [6.07, 6.45) is 1.39. The molecule has 17 heavy (non-hydrogen) atoms. The zero-order valence-corrected chi connectivity index (χ0v) is 10.2. The maximum Gasteiger partial charge on any atom is 0.293 e. The number of amides is 1. The van der Waals surface area contributed by atoms with Gasteiger partial charge in [-0.1, -0.05) is 17.7 Å². The lowest BCUT2D eigenvalue weighted by molar-refractivity contribution is 0.0995. The number of nitrogens with zero attached hydrogens (tertiary/aromatic N) is 1. The Morgan fingerprint density at radius 2 is 2.18 bits per heavy atom. The van der Waals surface area contributed by atoms with E-state index < -0.39 is 0 Å². The van der Waals surface area contributed by atoms with E-state index in [-0.39, 0.29) is 11.7 Å². The number of rotatable bonds is 2. The fourth-order valence-electron chi connectivity index (χ4n) is 1.33. The van der Waals surface area contributed by atoms with Gasteiger partial charge in [0.1, 0.15) is 0 Å². The molecule has 88 valence electrons. The van der Waals surface area contributed by atoms with Crippen LogP contribution in [-0.2, 0) is 0 Å². The third-order valence-electron chi connectivity index (χ3n) is 2.27. The zero-order chi connectivity index (χ0) is 12.4. The minimum absolute atomic E-state index is 0.180. The normalized spacial score (nSPS) is 10.3. The summed E-state index contributed by atoms with van der Waals surface area (Å²) in [5, 5.41) is 3.29. The Morgan fingerprint density at radius 3 is 2.76 bits per heavy atom. The molecule has 0 bridgehead atoms. The summed E-state index contributed by atoms with van der Waals surface area (Å²) in [4.78, 5) is 15.6. The molecule has 0 unspecified atom stereocenters. The van der Waals surface area contributed by atoms with E-state index >= 15 is 0 Å². The van der Waals surface area contributed by atoms with Gasteiger partial charge in [-0.15, -0.1) is 0 Å². The Bertz CT molecular complexity index is 563. The fraction of sp³-hybridized carbons (Fsp3) is 0.167. The maximum absolute atomic E-state index is 11.7. The van der Waals surface area contributed by atoms with Crippen LogP contribution < -0.4 is 5.32 Å². The molecular formula is C12H11ClN2O2. The number of hydrogen-bond acceptors (Lipinski definition) is 3. The van der Waals surface area contributed by atoms with Gasteiger partial charge in [0.05, 0.1) is 6.20 Å². The zero-order valence-electron chi connectivity index (χ0n) is 9.45. The fourth-order valence-corrected chi connectivity index (χ4v) is 1.51. The second-order valence-corrected chi connectivity index (χ2v) is 4.07. The first kappa shape index (κ1) is 11.7. The summed E-state index contributed by atoms with van der Waals surface area (Å²) in [5.41, 5.74) is 1.58. The quantitative estimate of drug-likeness (QED) is 0.891. The molecule has 0 radical (unpaired) electrons. The van der Waals surface area contributed by atoms with E-state index in [1.54, 1.807) is 19.1 Å². The maximum atomic E-state index is 11.7. The second-order valence-electron chi connectivity index (χ2n) is 3.66. The molecular weight excluding hydrogens is 240 g/mol. The lowest BCUT2D eigenvalue weighted by Gasteiger charge is -2.04. The molecule has 1 N–H and O–H groups in total.